The number of hydrogen-bond donors (Lipinski definition) is 2. The SMILES string of the molecule is CC.CC1(O)CC1.Cc1nc(C)c(CN2C(=O)c3cc(S)ccc3N3C2=NC[C@H]3C)s1.O. The van der Waals surface area contributed by atoms with Crippen molar-refractivity contribution in [2.75, 3.05) is 11.4 Å². The average molecular weight is 479 g/mol. The van der Waals surface area contributed by atoms with Crippen LogP contribution in [0.15, 0.2) is 28.1 Å². The van der Waals surface area contributed by atoms with Crippen LogP contribution in [0, 0.1) is 13.8 Å². The van der Waals surface area contributed by atoms with Crippen LogP contribution in [-0.2, 0) is 6.54 Å². The number of nitrogens with zero attached hydrogens (tertiary/aromatic N) is 4. The van der Waals surface area contributed by atoms with Gasteiger partial charge in [-0.05, 0) is 58.7 Å². The third-order valence-electron chi connectivity index (χ3n) is 5.38. The Morgan fingerprint density at radius 3 is 2.44 bits per heavy atom. The lowest BCUT2D eigenvalue weighted by molar-refractivity contribution is 0.0833. The predicted octanol–water partition coefficient (Wildman–Crippen LogP) is 4.00. The van der Waals surface area contributed by atoms with Gasteiger partial charge in [-0.2, -0.15) is 0 Å². The molecule has 2 aromatic rings. The average Bonchev–Trinajstić information content (AvgIpc) is 3.13. The van der Waals surface area contributed by atoms with E-state index in [1.54, 1.807) is 16.2 Å². The number of aliphatic hydroxyl groups is 1. The first-order valence-corrected chi connectivity index (χ1v) is 12.1. The molecule has 1 aromatic heterocycles. The molecule has 7 nitrogen and oxygen atoms in total. The molecule has 0 radical (unpaired) electrons. The summed E-state index contributed by atoms with van der Waals surface area (Å²) in [5.41, 5.74) is 2.35. The van der Waals surface area contributed by atoms with Crippen molar-refractivity contribution in [2.45, 2.75) is 77.5 Å². The minimum atomic E-state index is -0.250. The lowest BCUT2D eigenvalue weighted by Gasteiger charge is -2.37. The van der Waals surface area contributed by atoms with E-state index >= 15 is 0 Å². The Balaban J connectivity index is 0.000000395. The normalized spacial score (nSPS) is 19.4. The summed E-state index contributed by atoms with van der Waals surface area (Å²) < 4.78 is 0. The Morgan fingerprint density at radius 1 is 1.28 bits per heavy atom. The van der Waals surface area contributed by atoms with Crippen molar-refractivity contribution >= 4 is 41.5 Å². The number of hydrogen-bond acceptors (Lipinski definition) is 7. The van der Waals surface area contributed by atoms with Crippen molar-refractivity contribution in [3.8, 4) is 0 Å². The third kappa shape index (κ3) is 5.51. The van der Waals surface area contributed by atoms with Gasteiger partial charge in [0.15, 0.2) is 0 Å². The standard InChI is InChI=1S/C17H18N4OS2.C4H8O.C2H6.H2O/c1-9-7-18-17-20(8-15-10(2)19-11(3)24-15)16(22)13-6-12(23)4-5-14(13)21(9)17;1-4(5)2-3-4;1-2;/h4-6,9,23H,7-8H2,1-3H3;5H,2-3H2,1H3;1-2H3;1H2/t9-;;;/m1.../s1. The van der Waals surface area contributed by atoms with Gasteiger partial charge in [-0.3, -0.25) is 14.7 Å². The van der Waals surface area contributed by atoms with E-state index in [2.05, 4.69) is 34.4 Å². The number of fused-ring (bicyclic) bond motifs is 3. The summed E-state index contributed by atoms with van der Waals surface area (Å²) in [5, 5.41) is 9.65. The van der Waals surface area contributed by atoms with Gasteiger partial charge in [0, 0.05) is 9.77 Å². The number of aliphatic imine (C=N–C) groups is 1. The van der Waals surface area contributed by atoms with Crippen LogP contribution in [0.4, 0.5) is 5.69 Å². The molecule has 9 heteroatoms. The molecule has 1 saturated carbocycles. The van der Waals surface area contributed by atoms with Crippen LogP contribution in [0.2, 0.25) is 0 Å². The molecule has 3 N–H and O–H groups in total. The Labute approximate surface area is 199 Å². The first-order valence-electron chi connectivity index (χ1n) is 10.8. The van der Waals surface area contributed by atoms with E-state index in [9.17, 15) is 4.79 Å². The van der Waals surface area contributed by atoms with Crippen LogP contribution >= 0.6 is 24.0 Å². The van der Waals surface area contributed by atoms with Gasteiger partial charge in [-0.25, -0.2) is 4.98 Å². The zero-order valence-electron chi connectivity index (χ0n) is 19.6. The summed E-state index contributed by atoms with van der Waals surface area (Å²) in [6.45, 7) is 13.2. The quantitative estimate of drug-likeness (QED) is 0.637. The molecule has 0 saturated heterocycles. The van der Waals surface area contributed by atoms with Gasteiger partial charge in [0.1, 0.15) is 0 Å². The number of anilines is 1. The molecule has 176 valence electrons. The van der Waals surface area contributed by atoms with E-state index in [0.717, 1.165) is 45.0 Å². The Hall–Kier alpha value is -1.94. The van der Waals surface area contributed by atoms with Crippen LogP contribution in [-0.4, -0.2) is 50.5 Å². The fraction of sp³-hybridized carbons (Fsp3) is 0.522. The maximum Gasteiger partial charge on any atom is 0.263 e. The highest BCUT2D eigenvalue weighted by atomic mass is 32.1. The van der Waals surface area contributed by atoms with Crippen LogP contribution in [0.1, 0.15) is 66.5 Å². The number of amides is 1. The first-order chi connectivity index (χ1) is 14.7. The van der Waals surface area contributed by atoms with Gasteiger partial charge >= 0.3 is 0 Å². The molecule has 3 heterocycles. The molecule has 1 amide bonds. The number of guanidine groups is 1. The van der Waals surface area contributed by atoms with Gasteiger partial charge in [-0.15, -0.1) is 24.0 Å². The van der Waals surface area contributed by atoms with Gasteiger partial charge in [0.25, 0.3) is 5.91 Å². The molecular weight excluding hydrogens is 444 g/mol. The Morgan fingerprint density at radius 2 is 1.91 bits per heavy atom. The lowest BCUT2D eigenvalue weighted by atomic mass is 10.1. The van der Waals surface area contributed by atoms with E-state index < -0.39 is 0 Å². The topological polar surface area (TPSA) is 101 Å². The number of carbonyl (C=O) groups excluding carboxylic acids is 1. The summed E-state index contributed by atoms with van der Waals surface area (Å²) in [6.07, 6.45) is 2.01. The second-order valence-electron chi connectivity index (χ2n) is 8.19. The predicted molar refractivity (Wildman–Crippen MR) is 134 cm³/mol. The number of aromatic nitrogens is 1. The molecule has 2 aliphatic heterocycles. The molecule has 0 bridgehead atoms. The maximum atomic E-state index is 13.1. The van der Waals surface area contributed by atoms with E-state index in [1.807, 2.05) is 52.8 Å². The molecule has 1 aromatic carbocycles. The first kappa shape index (κ1) is 26.3. The molecular formula is C23H34N4O3S2. The van der Waals surface area contributed by atoms with Crippen LogP contribution < -0.4 is 4.90 Å². The van der Waals surface area contributed by atoms with Gasteiger partial charge in [0.05, 0.1) is 46.7 Å². The van der Waals surface area contributed by atoms with Crippen molar-refractivity contribution in [2.24, 2.45) is 4.99 Å². The maximum absolute atomic E-state index is 13.1. The number of benzene rings is 1. The van der Waals surface area contributed by atoms with E-state index in [0.29, 0.717) is 18.7 Å². The number of thiol groups is 1. The third-order valence-corrected chi connectivity index (χ3v) is 6.72. The summed E-state index contributed by atoms with van der Waals surface area (Å²) in [7, 11) is 0. The number of aryl methyl sites for hydroxylation is 2. The van der Waals surface area contributed by atoms with E-state index in [1.165, 1.54) is 0 Å². The molecule has 1 aliphatic carbocycles. The van der Waals surface area contributed by atoms with Crippen molar-refractivity contribution in [1.29, 1.82) is 0 Å². The minimum absolute atomic E-state index is 0. The highest BCUT2D eigenvalue weighted by Crippen LogP contribution is 2.36. The van der Waals surface area contributed by atoms with Gasteiger partial charge in [-0.1, -0.05) is 13.8 Å². The number of rotatable bonds is 2. The van der Waals surface area contributed by atoms with Crippen molar-refractivity contribution in [3.05, 3.63) is 39.3 Å². The lowest BCUT2D eigenvalue weighted by Crippen LogP contribution is -2.51. The molecule has 0 unspecified atom stereocenters. The van der Waals surface area contributed by atoms with Gasteiger partial charge in [0.2, 0.25) is 5.96 Å². The molecule has 1 fully saturated rings. The second-order valence-corrected chi connectivity index (χ2v) is 10.00. The fourth-order valence-corrected chi connectivity index (χ4v) is 4.59. The van der Waals surface area contributed by atoms with Gasteiger partial charge < -0.3 is 15.5 Å². The van der Waals surface area contributed by atoms with Crippen LogP contribution in [0.3, 0.4) is 0 Å². The second kappa shape index (κ2) is 10.3. The van der Waals surface area contributed by atoms with Crippen molar-refractivity contribution in [3.63, 3.8) is 0 Å². The highest BCUT2D eigenvalue weighted by molar-refractivity contribution is 7.80. The molecule has 0 spiro atoms. The summed E-state index contributed by atoms with van der Waals surface area (Å²) in [5.74, 6) is 0.729. The summed E-state index contributed by atoms with van der Waals surface area (Å²) >= 11 is 6.04. The van der Waals surface area contributed by atoms with Crippen LogP contribution in [0.25, 0.3) is 0 Å². The largest absolute Gasteiger partial charge is 0.412 e. The smallest absolute Gasteiger partial charge is 0.263 e. The Bertz CT molecular complexity index is 997. The monoisotopic (exact) mass is 478 g/mol. The number of carbonyl (C=O) groups is 1. The molecule has 32 heavy (non-hydrogen) atoms. The van der Waals surface area contributed by atoms with Crippen molar-refractivity contribution < 1.29 is 15.4 Å². The van der Waals surface area contributed by atoms with Crippen LogP contribution in [0.5, 0.6) is 0 Å². The fourth-order valence-electron chi connectivity index (χ4n) is 3.46. The molecule has 3 aliphatic rings. The Kier molecular flexibility index (Phi) is 8.50. The minimum Gasteiger partial charge on any atom is -0.412 e. The molecule has 5 rings (SSSR count). The zero-order valence-corrected chi connectivity index (χ0v) is 21.3. The van der Waals surface area contributed by atoms with Crippen molar-refractivity contribution in [1.82, 2.24) is 9.88 Å². The number of thiazole rings is 1. The summed E-state index contributed by atoms with van der Waals surface area (Å²) in [6, 6.07) is 5.97. The van der Waals surface area contributed by atoms with E-state index in [-0.39, 0.29) is 23.0 Å². The summed E-state index contributed by atoms with van der Waals surface area (Å²) in [4.78, 5) is 28.1. The molecule has 1 atom stereocenters. The van der Waals surface area contributed by atoms with E-state index in [4.69, 9.17) is 5.11 Å². The zero-order chi connectivity index (χ0) is 22.9. The highest BCUT2D eigenvalue weighted by Gasteiger charge is 2.40.